The van der Waals surface area contributed by atoms with Crippen LogP contribution < -0.4 is 0 Å². The van der Waals surface area contributed by atoms with E-state index in [1.54, 1.807) is 0 Å². The summed E-state index contributed by atoms with van der Waals surface area (Å²) < 4.78 is 28.5. The van der Waals surface area contributed by atoms with Crippen molar-refractivity contribution in [2.45, 2.75) is 17.8 Å². The summed E-state index contributed by atoms with van der Waals surface area (Å²) in [6.45, 7) is -2.92. The molecule has 132 valence electrons. The number of hydrogen-bond acceptors (Lipinski definition) is 9. The fourth-order valence-corrected chi connectivity index (χ4v) is 1.90. The molecule has 16 heteroatoms. The van der Waals surface area contributed by atoms with Crippen molar-refractivity contribution in [3.05, 3.63) is 0 Å². The molecule has 3 atom stereocenters. The van der Waals surface area contributed by atoms with Crippen LogP contribution in [0.15, 0.2) is 0 Å². The quantitative estimate of drug-likeness (QED) is 0.110. The van der Waals surface area contributed by atoms with E-state index >= 15 is 0 Å². The third-order valence-corrected chi connectivity index (χ3v) is 3.12. The summed E-state index contributed by atoms with van der Waals surface area (Å²) in [4.78, 5) is 48.2. The van der Waals surface area contributed by atoms with Crippen LogP contribution in [-0.2, 0) is 27.9 Å². The third kappa shape index (κ3) is 7.19. The first-order chi connectivity index (χ1) is 9.73. The average Bonchev–Trinajstić information content (AvgIpc) is 2.32. The van der Waals surface area contributed by atoms with E-state index in [0.29, 0.717) is 0 Å². The van der Waals surface area contributed by atoms with Crippen molar-refractivity contribution in [1.29, 1.82) is 0 Å². The molecule has 0 aromatic heterocycles. The highest BCUT2D eigenvalue weighted by Gasteiger charge is 2.51. The molecule has 0 heterocycles. The predicted molar refractivity (Wildman–Crippen MR) is 62.1 cm³/mol. The molecule has 0 rings (SSSR count). The summed E-state index contributed by atoms with van der Waals surface area (Å²) in [6, 6.07) is 0. The highest BCUT2D eigenvalue weighted by molar-refractivity contribution is 7.46. The molecule has 14 nitrogen and oxygen atoms in total. The molecule has 0 aliphatic carbocycles. The first-order valence-electron chi connectivity index (χ1n) is 5.07. The molecule has 0 bridgehead atoms. The minimum Gasteiger partial charge on any atom is -0.479 e. The first-order valence-corrected chi connectivity index (χ1v) is 8.13. The second-order valence-corrected chi connectivity index (χ2v) is 6.35. The average molecular weight is 372 g/mol. The van der Waals surface area contributed by atoms with Crippen LogP contribution in [0, 0.1) is 0 Å². The van der Waals surface area contributed by atoms with Crippen molar-refractivity contribution in [1.82, 2.24) is 0 Å². The second kappa shape index (κ2) is 7.88. The number of carboxylic acids is 1. The summed E-state index contributed by atoms with van der Waals surface area (Å²) in [5, 5.41) is 36.6. The minimum atomic E-state index is -5.22. The lowest BCUT2D eigenvalue weighted by Crippen LogP contribution is -2.59. The zero-order valence-corrected chi connectivity index (χ0v) is 12.3. The Bertz CT molecular complexity index is 466. The number of aliphatic hydroxyl groups is 2. The van der Waals surface area contributed by atoms with Crippen molar-refractivity contribution in [3.8, 4) is 0 Å². The molecule has 8 N–H and O–H groups in total. The third-order valence-electron chi connectivity index (χ3n) is 2.17. The molecular formula is C6H14O14P2. The maximum atomic E-state index is 11.0. The van der Waals surface area contributed by atoms with Gasteiger partial charge in [-0.25, -0.2) is 18.8 Å². The number of hydrogen-bond donors (Lipinski definition) is 8. The van der Waals surface area contributed by atoms with Crippen molar-refractivity contribution < 1.29 is 68.0 Å². The SMILES string of the molecule is O=C(O)[C@@](O)(COP(=O)(O)O)[C@H](OO)[C@H](O)COP(=O)(O)O. The normalized spacial score (nSPS) is 18.5. The highest BCUT2D eigenvalue weighted by atomic mass is 31.2. The Kier molecular flexibility index (Phi) is 7.71. The zero-order valence-electron chi connectivity index (χ0n) is 10.5. The molecule has 0 fully saturated rings. The lowest BCUT2D eigenvalue weighted by Gasteiger charge is -2.32. The number of phosphoric acid groups is 2. The fourth-order valence-electron chi connectivity index (χ4n) is 1.18. The molecule has 0 aromatic carbocycles. The standard InChI is InChI=1S/C6H14O14P2/c7-3(1-18-21(12,13)14)4(20-11)6(10,5(8)9)2-19-22(15,16)17/h3-4,7,10-11H,1-2H2,(H,8,9)(H2,12,13,14)(H2,15,16,17)/t3-,4-,6-/m1/s1. The van der Waals surface area contributed by atoms with Gasteiger partial charge in [-0.1, -0.05) is 0 Å². The Morgan fingerprint density at radius 2 is 1.55 bits per heavy atom. The first kappa shape index (κ1) is 21.5. The minimum absolute atomic E-state index is 1.29. The van der Waals surface area contributed by atoms with Crippen LogP contribution in [0.25, 0.3) is 0 Å². The van der Waals surface area contributed by atoms with Gasteiger partial charge in [0.15, 0.2) is 6.10 Å². The van der Waals surface area contributed by atoms with Gasteiger partial charge in [0, 0.05) is 0 Å². The summed E-state index contributed by atoms with van der Waals surface area (Å²) in [6.07, 6.45) is -4.85. The highest BCUT2D eigenvalue weighted by Crippen LogP contribution is 2.38. The summed E-state index contributed by atoms with van der Waals surface area (Å²) in [5.74, 6) is -2.23. The van der Waals surface area contributed by atoms with Crippen LogP contribution in [0.1, 0.15) is 0 Å². The summed E-state index contributed by atoms with van der Waals surface area (Å²) in [5.41, 5.74) is -3.38. The van der Waals surface area contributed by atoms with Crippen LogP contribution in [0.2, 0.25) is 0 Å². The zero-order chi connectivity index (χ0) is 17.8. The molecule has 0 radical (unpaired) electrons. The van der Waals surface area contributed by atoms with Gasteiger partial charge in [-0.3, -0.25) is 14.3 Å². The maximum absolute atomic E-state index is 11.0. The number of carbonyl (C=O) groups is 1. The largest absolute Gasteiger partial charge is 0.479 e. The van der Waals surface area contributed by atoms with Crippen LogP contribution >= 0.6 is 15.6 Å². The van der Waals surface area contributed by atoms with Gasteiger partial charge in [0.2, 0.25) is 5.60 Å². The molecule has 0 saturated heterocycles. The van der Waals surface area contributed by atoms with E-state index in [4.69, 9.17) is 29.9 Å². The molecule has 0 aliphatic rings. The van der Waals surface area contributed by atoms with E-state index in [0.717, 1.165) is 0 Å². The number of phosphoric ester groups is 2. The monoisotopic (exact) mass is 372 g/mol. The van der Waals surface area contributed by atoms with Gasteiger partial charge >= 0.3 is 21.6 Å². The van der Waals surface area contributed by atoms with Gasteiger partial charge in [0.05, 0.1) is 6.61 Å². The number of rotatable bonds is 10. The molecule has 0 spiro atoms. The van der Waals surface area contributed by atoms with E-state index in [1.807, 2.05) is 0 Å². The fraction of sp³-hybridized carbons (Fsp3) is 0.833. The smallest absolute Gasteiger partial charge is 0.469 e. The molecule has 0 unspecified atom stereocenters. The van der Waals surface area contributed by atoms with E-state index in [2.05, 4.69) is 13.9 Å². The van der Waals surface area contributed by atoms with Crippen molar-refractivity contribution in [3.63, 3.8) is 0 Å². The number of aliphatic carboxylic acids is 1. The number of carboxylic acid groups (broad SMARTS) is 1. The maximum Gasteiger partial charge on any atom is 0.469 e. The molecule has 0 amide bonds. The van der Waals surface area contributed by atoms with Gasteiger partial charge in [-0.15, -0.1) is 0 Å². The molecule has 22 heavy (non-hydrogen) atoms. The number of aliphatic hydroxyl groups excluding tert-OH is 1. The summed E-state index contributed by atoms with van der Waals surface area (Å²) in [7, 11) is -10.3. The Morgan fingerprint density at radius 1 is 1.09 bits per heavy atom. The van der Waals surface area contributed by atoms with Gasteiger partial charge in [0.1, 0.15) is 12.7 Å². The van der Waals surface area contributed by atoms with Crippen LogP contribution in [-0.4, -0.2) is 77.1 Å². The topological polar surface area (TPSA) is 241 Å². The van der Waals surface area contributed by atoms with E-state index < -0.39 is 52.6 Å². The molecule has 0 saturated carbocycles. The van der Waals surface area contributed by atoms with Crippen LogP contribution in [0.5, 0.6) is 0 Å². The lowest BCUT2D eigenvalue weighted by atomic mass is 9.94. The van der Waals surface area contributed by atoms with Gasteiger partial charge in [-0.2, -0.15) is 0 Å². The lowest BCUT2D eigenvalue weighted by molar-refractivity contribution is -0.334. The van der Waals surface area contributed by atoms with Gasteiger partial charge < -0.3 is 34.9 Å². The van der Waals surface area contributed by atoms with Gasteiger partial charge in [0.25, 0.3) is 0 Å². The van der Waals surface area contributed by atoms with Crippen molar-refractivity contribution in [2.75, 3.05) is 13.2 Å². The Morgan fingerprint density at radius 3 is 1.86 bits per heavy atom. The van der Waals surface area contributed by atoms with Crippen molar-refractivity contribution in [2.24, 2.45) is 0 Å². The summed E-state index contributed by atoms with van der Waals surface area (Å²) >= 11 is 0. The van der Waals surface area contributed by atoms with E-state index in [9.17, 15) is 24.1 Å². The van der Waals surface area contributed by atoms with E-state index in [-0.39, 0.29) is 0 Å². The van der Waals surface area contributed by atoms with Crippen LogP contribution in [0.3, 0.4) is 0 Å². The molecular weight excluding hydrogens is 358 g/mol. The Labute approximate surface area is 121 Å². The van der Waals surface area contributed by atoms with Gasteiger partial charge in [-0.05, 0) is 0 Å². The predicted octanol–water partition coefficient (Wildman–Crippen LogP) is -2.76. The Hall–Kier alpha value is -0.470. The van der Waals surface area contributed by atoms with E-state index in [1.165, 1.54) is 0 Å². The second-order valence-electron chi connectivity index (χ2n) is 3.87. The molecule has 0 aliphatic heterocycles. The molecule has 0 aromatic rings. The van der Waals surface area contributed by atoms with Crippen LogP contribution in [0.4, 0.5) is 0 Å². The Balaban J connectivity index is 5.19. The van der Waals surface area contributed by atoms with Crippen molar-refractivity contribution >= 4 is 21.6 Å².